The summed E-state index contributed by atoms with van der Waals surface area (Å²) in [5.41, 5.74) is 3.17. The van der Waals surface area contributed by atoms with Crippen LogP contribution in [0.2, 0.25) is 0 Å². The summed E-state index contributed by atoms with van der Waals surface area (Å²) in [4.78, 5) is 12.0. The van der Waals surface area contributed by atoms with Gasteiger partial charge in [0.25, 0.3) is 0 Å². The molecule has 0 saturated carbocycles. The average Bonchev–Trinajstić information content (AvgIpc) is 3.04. The Morgan fingerprint density at radius 3 is 2.58 bits per heavy atom. The zero-order valence-electron chi connectivity index (χ0n) is 13.7. The van der Waals surface area contributed by atoms with E-state index in [-0.39, 0.29) is 5.82 Å². The van der Waals surface area contributed by atoms with Crippen molar-refractivity contribution in [1.29, 1.82) is 0 Å². The predicted octanol–water partition coefficient (Wildman–Crippen LogP) is 4.79. The fourth-order valence-corrected chi connectivity index (χ4v) is 2.79. The predicted molar refractivity (Wildman–Crippen MR) is 91.4 cm³/mol. The molecule has 0 aliphatic rings. The van der Waals surface area contributed by atoms with Crippen LogP contribution in [-0.4, -0.2) is 19.4 Å². The van der Waals surface area contributed by atoms with Crippen molar-refractivity contribution >= 4 is 5.65 Å². The van der Waals surface area contributed by atoms with E-state index in [1.165, 1.54) is 0 Å². The highest BCUT2D eigenvalue weighted by atomic mass is 19.4. The third kappa shape index (κ3) is 2.92. The first-order valence-corrected chi connectivity index (χ1v) is 7.86. The zero-order valence-corrected chi connectivity index (χ0v) is 13.7. The Hall–Kier alpha value is -3.22. The molecule has 3 heterocycles. The van der Waals surface area contributed by atoms with E-state index in [4.69, 9.17) is 0 Å². The van der Waals surface area contributed by atoms with E-state index in [9.17, 15) is 13.2 Å². The second-order valence-electron chi connectivity index (χ2n) is 5.92. The summed E-state index contributed by atoms with van der Waals surface area (Å²) >= 11 is 0. The number of imidazole rings is 1. The van der Waals surface area contributed by atoms with Crippen molar-refractivity contribution in [3.63, 3.8) is 0 Å². The maximum Gasteiger partial charge on any atom is 0.433 e. The molecule has 0 fully saturated rings. The van der Waals surface area contributed by atoms with Crippen LogP contribution in [0.1, 0.15) is 11.3 Å². The fourth-order valence-electron chi connectivity index (χ4n) is 2.79. The number of nitrogens with zero attached hydrogens (tertiary/aromatic N) is 4. The van der Waals surface area contributed by atoms with Gasteiger partial charge in [0.1, 0.15) is 11.3 Å². The number of fused-ring (bicyclic) bond motifs is 1. The molecule has 0 bridgehead atoms. The minimum absolute atomic E-state index is 0.0161. The first-order chi connectivity index (χ1) is 12.4. The Balaban J connectivity index is 1.78. The number of pyridine rings is 1. The number of aromatic nitrogens is 4. The maximum absolute atomic E-state index is 12.9. The molecule has 0 saturated heterocycles. The molecule has 4 rings (SSSR count). The molecule has 0 atom stereocenters. The van der Waals surface area contributed by atoms with E-state index < -0.39 is 11.9 Å². The number of aryl methyl sites for hydroxylation is 1. The first-order valence-electron chi connectivity index (χ1n) is 7.86. The Morgan fingerprint density at radius 1 is 0.962 bits per heavy atom. The molecule has 1 aromatic carbocycles. The molecule has 0 unspecified atom stereocenters. The minimum Gasteiger partial charge on any atom is -0.300 e. The van der Waals surface area contributed by atoms with Crippen LogP contribution in [0.3, 0.4) is 0 Å². The summed E-state index contributed by atoms with van der Waals surface area (Å²) in [5.74, 6) is 0.0161. The Kier molecular flexibility index (Phi) is 3.72. The summed E-state index contributed by atoms with van der Waals surface area (Å²) in [7, 11) is 0. The largest absolute Gasteiger partial charge is 0.433 e. The van der Waals surface area contributed by atoms with Crippen LogP contribution in [0.5, 0.6) is 0 Å². The van der Waals surface area contributed by atoms with Gasteiger partial charge in [0, 0.05) is 23.5 Å². The van der Waals surface area contributed by atoms with Crippen molar-refractivity contribution in [1.82, 2.24) is 19.4 Å². The third-order valence-corrected chi connectivity index (χ3v) is 4.03. The summed E-state index contributed by atoms with van der Waals surface area (Å²) in [6.07, 6.45) is 0.104. The molecule has 0 radical (unpaired) electrons. The van der Waals surface area contributed by atoms with Crippen molar-refractivity contribution in [3.05, 3.63) is 72.3 Å². The van der Waals surface area contributed by atoms with Crippen molar-refractivity contribution in [2.45, 2.75) is 13.1 Å². The minimum atomic E-state index is -4.51. The topological polar surface area (TPSA) is 43.1 Å². The molecular formula is C19H13F3N4. The molecule has 0 spiro atoms. The molecular weight excluding hydrogens is 341 g/mol. The highest BCUT2D eigenvalue weighted by Crippen LogP contribution is 2.29. The van der Waals surface area contributed by atoms with E-state index in [1.54, 1.807) is 24.5 Å². The van der Waals surface area contributed by atoms with E-state index in [2.05, 4.69) is 15.0 Å². The van der Waals surface area contributed by atoms with Gasteiger partial charge >= 0.3 is 6.18 Å². The lowest BCUT2D eigenvalue weighted by Crippen LogP contribution is -2.09. The first kappa shape index (κ1) is 16.3. The van der Waals surface area contributed by atoms with E-state index >= 15 is 0 Å². The fraction of sp³-hybridized carbons (Fsp3) is 0.105. The molecule has 4 aromatic rings. The molecule has 0 amide bonds. The van der Waals surface area contributed by atoms with E-state index in [0.717, 1.165) is 29.1 Å². The van der Waals surface area contributed by atoms with Gasteiger partial charge in [-0.3, -0.25) is 4.40 Å². The SMILES string of the molecule is Cc1cccc(-c2cnc3cc(-c4nccc(C(F)(F)F)n4)ccn23)c1. The summed E-state index contributed by atoms with van der Waals surface area (Å²) in [5, 5.41) is 0. The zero-order chi connectivity index (χ0) is 18.3. The van der Waals surface area contributed by atoms with Crippen LogP contribution in [0.25, 0.3) is 28.3 Å². The lowest BCUT2D eigenvalue weighted by Gasteiger charge is -2.08. The van der Waals surface area contributed by atoms with Gasteiger partial charge in [-0.15, -0.1) is 0 Å². The number of hydrogen-bond donors (Lipinski definition) is 0. The third-order valence-electron chi connectivity index (χ3n) is 4.03. The molecule has 7 heteroatoms. The normalized spacial score (nSPS) is 11.8. The van der Waals surface area contributed by atoms with Crippen LogP contribution in [-0.2, 0) is 6.18 Å². The van der Waals surface area contributed by atoms with Gasteiger partial charge in [0.05, 0.1) is 11.9 Å². The van der Waals surface area contributed by atoms with E-state index in [0.29, 0.717) is 11.2 Å². The number of alkyl halides is 3. The van der Waals surface area contributed by atoms with Gasteiger partial charge in [-0.25, -0.2) is 15.0 Å². The molecule has 0 aliphatic heterocycles. The molecule has 130 valence electrons. The summed E-state index contributed by atoms with van der Waals surface area (Å²) < 4.78 is 40.4. The van der Waals surface area contributed by atoms with Gasteiger partial charge < -0.3 is 0 Å². The van der Waals surface area contributed by atoms with Gasteiger partial charge in [-0.1, -0.05) is 23.8 Å². The lowest BCUT2D eigenvalue weighted by molar-refractivity contribution is -0.141. The standard InChI is InChI=1S/C19H13F3N4/c1-12-3-2-4-13(9-12)15-11-24-17-10-14(6-8-26(15)17)18-23-7-5-16(25-18)19(20,21)22/h2-11H,1H3. The number of benzene rings is 1. The number of hydrogen-bond acceptors (Lipinski definition) is 3. The van der Waals surface area contributed by atoms with Gasteiger partial charge in [0.15, 0.2) is 5.82 Å². The Labute approximate surface area is 147 Å². The number of halogens is 3. The van der Waals surface area contributed by atoms with Crippen molar-refractivity contribution in [2.75, 3.05) is 0 Å². The van der Waals surface area contributed by atoms with Crippen molar-refractivity contribution < 1.29 is 13.2 Å². The van der Waals surface area contributed by atoms with Crippen LogP contribution < -0.4 is 0 Å². The van der Waals surface area contributed by atoms with Gasteiger partial charge in [0.2, 0.25) is 0 Å². The van der Waals surface area contributed by atoms with Gasteiger partial charge in [-0.05, 0) is 31.2 Å². The van der Waals surface area contributed by atoms with Crippen LogP contribution in [0.15, 0.2) is 61.1 Å². The van der Waals surface area contributed by atoms with Gasteiger partial charge in [-0.2, -0.15) is 13.2 Å². The van der Waals surface area contributed by atoms with Crippen LogP contribution >= 0.6 is 0 Å². The number of rotatable bonds is 2. The molecule has 3 aromatic heterocycles. The Bertz CT molecular complexity index is 1100. The second kappa shape index (κ2) is 5.94. The molecule has 4 nitrogen and oxygen atoms in total. The highest BCUT2D eigenvalue weighted by Gasteiger charge is 2.32. The second-order valence-corrected chi connectivity index (χ2v) is 5.92. The van der Waals surface area contributed by atoms with Crippen LogP contribution in [0.4, 0.5) is 13.2 Å². The molecule has 26 heavy (non-hydrogen) atoms. The highest BCUT2D eigenvalue weighted by molar-refractivity contribution is 5.68. The Morgan fingerprint density at radius 2 is 1.81 bits per heavy atom. The maximum atomic E-state index is 12.9. The average molecular weight is 354 g/mol. The quantitative estimate of drug-likeness (QED) is 0.520. The van der Waals surface area contributed by atoms with Crippen molar-refractivity contribution in [2.24, 2.45) is 0 Å². The van der Waals surface area contributed by atoms with E-state index in [1.807, 2.05) is 35.6 Å². The monoisotopic (exact) mass is 354 g/mol. The smallest absolute Gasteiger partial charge is 0.300 e. The summed E-state index contributed by atoms with van der Waals surface area (Å²) in [6, 6.07) is 12.2. The summed E-state index contributed by atoms with van der Waals surface area (Å²) in [6.45, 7) is 2.01. The lowest BCUT2D eigenvalue weighted by atomic mass is 10.1. The van der Waals surface area contributed by atoms with Crippen molar-refractivity contribution in [3.8, 4) is 22.6 Å². The van der Waals surface area contributed by atoms with Crippen LogP contribution in [0, 0.1) is 6.92 Å². The molecule has 0 N–H and O–H groups in total. The molecule has 0 aliphatic carbocycles.